The summed E-state index contributed by atoms with van der Waals surface area (Å²) in [5, 5.41) is 10.0. The van der Waals surface area contributed by atoms with Crippen molar-refractivity contribution in [2.24, 2.45) is 5.41 Å². The van der Waals surface area contributed by atoms with Crippen LogP contribution < -0.4 is 5.56 Å². The van der Waals surface area contributed by atoms with Crippen molar-refractivity contribution in [1.29, 1.82) is 0 Å². The van der Waals surface area contributed by atoms with E-state index in [-0.39, 0.29) is 22.4 Å². The number of rotatable bonds is 4. The fraction of sp³-hybridized carbons (Fsp3) is 0.550. The van der Waals surface area contributed by atoms with Crippen molar-refractivity contribution in [3.8, 4) is 5.75 Å². The van der Waals surface area contributed by atoms with Crippen LogP contribution in [0.15, 0.2) is 29.2 Å². The van der Waals surface area contributed by atoms with E-state index in [2.05, 4.69) is 16.8 Å². The Morgan fingerprint density at radius 3 is 2.93 bits per heavy atom. The summed E-state index contributed by atoms with van der Waals surface area (Å²) in [6.07, 6.45) is 5.45. The zero-order valence-corrected chi connectivity index (χ0v) is 15.7. The molecule has 2 aromatic rings. The lowest BCUT2D eigenvalue weighted by Crippen LogP contribution is -2.50. The summed E-state index contributed by atoms with van der Waals surface area (Å²) in [6, 6.07) is 4.66. The first-order valence-corrected chi connectivity index (χ1v) is 9.74. The number of aromatic hydroxyl groups is 1. The van der Waals surface area contributed by atoms with Crippen LogP contribution in [0.25, 0.3) is 5.65 Å². The average molecular weight is 370 g/mol. The van der Waals surface area contributed by atoms with Gasteiger partial charge in [0.25, 0.3) is 5.56 Å². The number of pyridine rings is 1. The molecule has 1 atom stereocenters. The summed E-state index contributed by atoms with van der Waals surface area (Å²) in [5.41, 5.74) is 0.424. The minimum Gasteiger partial charge on any atom is -0.504 e. The maximum absolute atomic E-state index is 13.0. The average Bonchev–Trinajstić information content (AvgIpc) is 3.04. The molecule has 2 aromatic heterocycles. The van der Waals surface area contributed by atoms with Gasteiger partial charge in [-0.15, -0.1) is 0 Å². The van der Waals surface area contributed by atoms with Crippen LogP contribution in [0.2, 0.25) is 0 Å². The van der Waals surface area contributed by atoms with Gasteiger partial charge in [0.2, 0.25) is 5.91 Å². The molecule has 4 heterocycles. The highest BCUT2D eigenvalue weighted by atomic mass is 16.3. The van der Waals surface area contributed by atoms with E-state index >= 15 is 0 Å². The van der Waals surface area contributed by atoms with E-state index in [1.54, 1.807) is 12.3 Å². The normalized spacial score (nSPS) is 23.6. The highest BCUT2D eigenvalue weighted by Crippen LogP contribution is 2.40. The SMILES string of the molecule is CCCN1CCCC2(CCN(Cc3cc(=O)n4cccc(O)c4n3)C2)C1=O. The van der Waals surface area contributed by atoms with Crippen molar-refractivity contribution in [2.45, 2.75) is 39.2 Å². The molecular weight excluding hydrogens is 344 g/mol. The summed E-state index contributed by atoms with van der Waals surface area (Å²) in [7, 11) is 0. The molecule has 7 heteroatoms. The van der Waals surface area contributed by atoms with Gasteiger partial charge in [-0.1, -0.05) is 6.92 Å². The highest BCUT2D eigenvalue weighted by Gasteiger charge is 2.47. The maximum atomic E-state index is 13.0. The lowest BCUT2D eigenvalue weighted by atomic mass is 9.78. The molecule has 2 fully saturated rings. The molecule has 27 heavy (non-hydrogen) atoms. The van der Waals surface area contributed by atoms with Crippen LogP contribution in [0.3, 0.4) is 0 Å². The number of hydrogen-bond donors (Lipinski definition) is 1. The minimum atomic E-state index is -0.276. The minimum absolute atomic E-state index is 0.00740. The molecule has 2 aliphatic rings. The van der Waals surface area contributed by atoms with Crippen LogP contribution >= 0.6 is 0 Å². The molecule has 1 unspecified atom stereocenters. The summed E-state index contributed by atoms with van der Waals surface area (Å²) in [5.74, 6) is 0.286. The quantitative estimate of drug-likeness (QED) is 0.885. The van der Waals surface area contributed by atoms with Gasteiger partial charge in [-0.2, -0.15) is 0 Å². The van der Waals surface area contributed by atoms with E-state index in [9.17, 15) is 14.7 Å². The summed E-state index contributed by atoms with van der Waals surface area (Å²) >= 11 is 0. The number of carbonyl (C=O) groups excluding carboxylic acids is 1. The topological polar surface area (TPSA) is 78.2 Å². The lowest BCUT2D eigenvalue weighted by Gasteiger charge is -2.39. The molecule has 1 N–H and O–H groups in total. The van der Waals surface area contributed by atoms with Crippen LogP contribution in [0.5, 0.6) is 5.75 Å². The van der Waals surface area contributed by atoms with Crippen LogP contribution in [0.4, 0.5) is 0 Å². The van der Waals surface area contributed by atoms with Crippen molar-refractivity contribution in [1.82, 2.24) is 19.2 Å². The number of hydrogen-bond acceptors (Lipinski definition) is 5. The van der Waals surface area contributed by atoms with Gasteiger partial charge in [0.15, 0.2) is 11.4 Å². The van der Waals surface area contributed by atoms with E-state index in [1.807, 2.05) is 4.90 Å². The fourth-order valence-corrected chi connectivity index (χ4v) is 4.58. The zero-order valence-electron chi connectivity index (χ0n) is 15.7. The van der Waals surface area contributed by atoms with Gasteiger partial charge < -0.3 is 10.0 Å². The molecule has 0 bridgehead atoms. The predicted octanol–water partition coefficient (Wildman–Crippen LogP) is 1.62. The second-order valence-corrected chi connectivity index (χ2v) is 7.81. The first-order chi connectivity index (χ1) is 13.0. The fourth-order valence-electron chi connectivity index (χ4n) is 4.58. The van der Waals surface area contributed by atoms with E-state index in [4.69, 9.17) is 0 Å². The first kappa shape index (κ1) is 18.0. The van der Waals surface area contributed by atoms with Gasteiger partial charge in [-0.25, -0.2) is 4.98 Å². The van der Waals surface area contributed by atoms with Crippen molar-refractivity contribution in [3.05, 3.63) is 40.4 Å². The molecule has 7 nitrogen and oxygen atoms in total. The van der Waals surface area contributed by atoms with Crippen molar-refractivity contribution >= 4 is 11.6 Å². The molecule has 0 saturated carbocycles. The third-order valence-electron chi connectivity index (χ3n) is 5.86. The number of nitrogens with zero attached hydrogens (tertiary/aromatic N) is 4. The number of carbonyl (C=O) groups is 1. The number of fused-ring (bicyclic) bond motifs is 1. The van der Waals surface area contributed by atoms with E-state index < -0.39 is 0 Å². The molecule has 144 valence electrons. The van der Waals surface area contributed by atoms with Gasteiger partial charge in [0.1, 0.15) is 0 Å². The molecule has 1 amide bonds. The summed E-state index contributed by atoms with van der Waals surface area (Å²) < 4.78 is 1.34. The molecule has 2 aliphatic heterocycles. The Balaban J connectivity index is 1.53. The smallest absolute Gasteiger partial charge is 0.258 e. The Bertz CT molecular complexity index is 923. The van der Waals surface area contributed by atoms with E-state index in [1.165, 1.54) is 16.5 Å². The van der Waals surface area contributed by atoms with Crippen molar-refractivity contribution < 1.29 is 9.90 Å². The molecule has 1 spiro atoms. The summed E-state index contributed by atoms with van der Waals surface area (Å²) in [4.78, 5) is 34.0. The second-order valence-electron chi connectivity index (χ2n) is 7.81. The van der Waals surface area contributed by atoms with Crippen LogP contribution in [0.1, 0.15) is 38.3 Å². The molecule has 0 radical (unpaired) electrons. The number of piperidine rings is 1. The molecule has 4 rings (SSSR count). The molecule has 0 aliphatic carbocycles. The summed E-state index contributed by atoms with van der Waals surface area (Å²) in [6.45, 7) is 5.87. The van der Waals surface area contributed by atoms with Gasteiger partial charge in [-0.05, 0) is 44.4 Å². The Kier molecular flexibility index (Phi) is 4.63. The van der Waals surface area contributed by atoms with Gasteiger partial charge in [0.05, 0.1) is 11.1 Å². The van der Waals surface area contributed by atoms with Crippen molar-refractivity contribution in [2.75, 3.05) is 26.2 Å². The van der Waals surface area contributed by atoms with E-state index in [0.717, 1.165) is 45.3 Å². The highest BCUT2D eigenvalue weighted by molar-refractivity contribution is 5.84. The molecular formula is C20H26N4O3. The van der Waals surface area contributed by atoms with Crippen molar-refractivity contribution in [3.63, 3.8) is 0 Å². The largest absolute Gasteiger partial charge is 0.504 e. The number of aromatic nitrogens is 2. The van der Waals surface area contributed by atoms with Gasteiger partial charge >= 0.3 is 0 Å². The third kappa shape index (κ3) is 3.20. The van der Waals surface area contributed by atoms with E-state index in [0.29, 0.717) is 24.7 Å². The molecule has 2 saturated heterocycles. The molecule has 0 aromatic carbocycles. The van der Waals surface area contributed by atoms with Gasteiger partial charge in [0, 0.05) is 38.4 Å². The Morgan fingerprint density at radius 1 is 1.26 bits per heavy atom. The van der Waals surface area contributed by atoms with Crippen LogP contribution in [-0.4, -0.2) is 56.4 Å². The number of amides is 1. The Hall–Kier alpha value is -2.41. The monoisotopic (exact) mass is 370 g/mol. The Morgan fingerprint density at radius 2 is 2.11 bits per heavy atom. The predicted molar refractivity (Wildman–Crippen MR) is 102 cm³/mol. The number of likely N-dealkylation sites (tertiary alicyclic amines) is 2. The second kappa shape index (κ2) is 6.96. The van der Waals surface area contributed by atoms with Crippen LogP contribution in [0, 0.1) is 5.41 Å². The zero-order chi connectivity index (χ0) is 19.0. The third-order valence-corrected chi connectivity index (χ3v) is 5.86. The van der Waals surface area contributed by atoms with Crippen LogP contribution in [-0.2, 0) is 11.3 Å². The Labute approximate surface area is 158 Å². The standard InChI is InChI=1S/C20H26N4O3/c1-2-8-23-9-4-6-20(19(23)27)7-11-22(14-20)13-15-12-17(26)24-10-3-5-16(25)18(24)21-15/h3,5,10,12,25H,2,4,6-9,11,13-14H2,1H3. The first-order valence-electron chi connectivity index (χ1n) is 9.74. The lowest BCUT2D eigenvalue weighted by molar-refractivity contribution is -0.145. The maximum Gasteiger partial charge on any atom is 0.258 e. The van der Waals surface area contributed by atoms with Gasteiger partial charge in [-0.3, -0.25) is 18.9 Å².